The monoisotopic (exact) mass is 353 g/mol. The van der Waals surface area contributed by atoms with E-state index >= 15 is 0 Å². The van der Waals surface area contributed by atoms with Gasteiger partial charge >= 0.3 is 0 Å². The van der Waals surface area contributed by atoms with Crippen molar-refractivity contribution < 1.29 is 4.74 Å². The Hall–Kier alpha value is -3.53. The molecule has 0 radical (unpaired) electrons. The number of benzene rings is 1. The molecule has 0 saturated carbocycles. The van der Waals surface area contributed by atoms with Crippen molar-refractivity contribution in [1.29, 1.82) is 0 Å². The summed E-state index contributed by atoms with van der Waals surface area (Å²) in [5.41, 5.74) is 3.86. The third kappa shape index (κ3) is 4.01. The van der Waals surface area contributed by atoms with Crippen molar-refractivity contribution in [2.75, 3.05) is 0 Å². The maximum absolute atomic E-state index is 5.86. The van der Waals surface area contributed by atoms with Gasteiger partial charge in [-0.3, -0.25) is 9.97 Å². The van der Waals surface area contributed by atoms with E-state index in [4.69, 9.17) is 9.72 Å². The molecule has 4 nitrogen and oxygen atoms in total. The van der Waals surface area contributed by atoms with Crippen LogP contribution < -0.4 is 4.74 Å². The third-order valence-electron chi connectivity index (χ3n) is 4.34. The molecule has 0 spiro atoms. The predicted octanol–water partition coefficient (Wildman–Crippen LogP) is 5.48. The summed E-state index contributed by atoms with van der Waals surface area (Å²) in [5.74, 6) is 1.40. The van der Waals surface area contributed by atoms with Crippen LogP contribution in [0.2, 0.25) is 0 Å². The molecule has 1 unspecified atom stereocenters. The lowest BCUT2D eigenvalue weighted by Crippen LogP contribution is -2.03. The van der Waals surface area contributed by atoms with Gasteiger partial charge in [0.1, 0.15) is 5.75 Å². The first-order valence-corrected chi connectivity index (χ1v) is 8.87. The van der Waals surface area contributed by atoms with Crippen molar-refractivity contribution >= 4 is 0 Å². The van der Waals surface area contributed by atoms with Crippen molar-refractivity contribution in [3.63, 3.8) is 0 Å². The SMILES string of the molecule is CC(c1cccc(Oc2ccccc2)n1)c1cccc(-c2ccncc2)n1. The van der Waals surface area contributed by atoms with E-state index in [1.54, 1.807) is 12.4 Å². The normalized spacial score (nSPS) is 11.7. The largest absolute Gasteiger partial charge is 0.439 e. The summed E-state index contributed by atoms with van der Waals surface area (Å²) < 4.78 is 5.86. The summed E-state index contributed by atoms with van der Waals surface area (Å²) in [4.78, 5) is 13.6. The van der Waals surface area contributed by atoms with Crippen LogP contribution in [0.1, 0.15) is 24.2 Å². The van der Waals surface area contributed by atoms with Gasteiger partial charge in [0.25, 0.3) is 0 Å². The first-order valence-electron chi connectivity index (χ1n) is 8.87. The van der Waals surface area contributed by atoms with Crippen LogP contribution in [-0.2, 0) is 0 Å². The Morgan fingerprint density at radius 2 is 1.41 bits per heavy atom. The second-order valence-electron chi connectivity index (χ2n) is 6.22. The molecule has 27 heavy (non-hydrogen) atoms. The smallest absolute Gasteiger partial charge is 0.219 e. The number of para-hydroxylation sites is 1. The molecular weight excluding hydrogens is 334 g/mol. The zero-order valence-corrected chi connectivity index (χ0v) is 15.0. The fourth-order valence-corrected chi connectivity index (χ4v) is 2.87. The average molecular weight is 353 g/mol. The van der Waals surface area contributed by atoms with Gasteiger partial charge in [-0.1, -0.05) is 37.3 Å². The van der Waals surface area contributed by atoms with Gasteiger partial charge in [-0.15, -0.1) is 0 Å². The quantitative estimate of drug-likeness (QED) is 0.476. The van der Waals surface area contributed by atoms with E-state index in [0.717, 1.165) is 28.4 Å². The van der Waals surface area contributed by atoms with Gasteiger partial charge in [0.2, 0.25) is 5.88 Å². The molecule has 0 fully saturated rings. The molecule has 0 N–H and O–H groups in total. The molecule has 0 aliphatic heterocycles. The molecule has 0 amide bonds. The maximum atomic E-state index is 5.86. The summed E-state index contributed by atoms with van der Waals surface area (Å²) in [6.45, 7) is 2.10. The third-order valence-corrected chi connectivity index (χ3v) is 4.34. The van der Waals surface area contributed by atoms with Crippen LogP contribution in [0.3, 0.4) is 0 Å². The highest BCUT2D eigenvalue weighted by molar-refractivity contribution is 5.58. The second kappa shape index (κ2) is 7.79. The summed E-state index contributed by atoms with van der Waals surface area (Å²) in [6, 6.07) is 25.5. The Morgan fingerprint density at radius 3 is 2.19 bits per heavy atom. The number of ether oxygens (including phenoxy) is 1. The van der Waals surface area contributed by atoms with Crippen LogP contribution in [0.5, 0.6) is 11.6 Å². The lowest BCUT2D eigenvalue weighted by Gasteiger charge is -2.13. The van der Waals surface area contributed by atoms with Crippen LogP contribution in [-0.4, -0.2) is 15.0 Å². The van der Waals surface area contributed by atoms with E-state index < -0.39 is 0 Å². The van der Waals surface area contributed by atoms with E-state index in [-0.39, 0.29) is 5.92 Å². The highest BCUT2D eigenvalue weighted by Gasteiger charge is 2.13. The van der Waals surface area contributed by atoms with Gasteiger partial charge in [-0.2, -0.15) is 0 Å². The lowest BCUT2D eigenvalue weighted by molar-refractivity contribution is 0.460. The van der Waals surface area contributed by atoms with Gasteiger partial charge in [0, 0.05) is 35.6 Å². The zero-order chi connectivity index (χ0) is 18.5. The van der Waals surface area contributed by atoms with Crippen LogP contribution in [0.25, 0.3) is 11.3 Å². The second-order valence-corrected chi connectivity index (χ2v) is 6.22. The minimum atomic E-state index is 0.0473. The Morgan fingerprint density at radius 1 is 0.704 bits per heavy atom. The Balaban J connectivity index is 1.60. The number of aromatic nitrogens is 3. The van der Waals surface area contributed by atoms with Crippen LogP contribution in [0.15, 0.2) is 91.3 Å². The standard InChI is InChI=1S/C23H19N3O/c1-17(20-9-5-11-22(25-20)18-13-15-24-16-14-18)21-10-6-12-23(26-21)27-19-7-3-2-4-8-19/h2-17H,1H3. The molecular formula is C23H19N3O. The minimum absolute atomic E-state index is 0.0473. The van der Waals surface area contributed by atoms with Crippen LogP contribution in [0, 0.1) is 0 Å². The number of hydrogen-bond acceptors (Lipinski definition) is 4. The lowest BCUT2D eigenvalue weighted by atomic mass is 10.0. The summed E-state index contributed by atoms with van der Waals surface area (Å²) in [7, 11) is 0. The fraction of sp³-hybridized carbons (Fsp3) is 0.0870. The van der Waals surface area contributed by atoms with Crippen molar-refractivity contribution in [2.24, 2.45) is 0 Å². The summed E-state index contributed by atoms with van der Waals surface area (Å²) in [6.07, 6.45) is 3.55. The Labute approximate surface area is 158 Å². The summed E-state index contributed by atoms with van der Waals surface area (Å²) in [5, 5.41) is 0. The van der Waals surface area contributed by atoms with Gasteiger partial charge in [0.15, 0.2) is 0 Å². The highest BCUT2D eigenvalue weighted by Crippen LogP contribution is 2.26. The van der Waals surface area contributed by atoms with Crippen molar-refractivity contribution in [3.8, 4) is 22.9 Å². The minimum Gasteiger partial charge on any atom is -0.439 e. The number of nitrogens with zero attached hydrogens (tertiary/aromatic N) is 3. The average Bonchev–Trinajstić information content (AvgIpc) is 2.75. The molecule has 0 aliphatic carbocycles. The van der Waals surface area contributed by atoms with Gasteiger partial charge in [-0.05, 0) is 42.5 Å². The number of pyridine rings is 3. The molecule has 1 aromatic carbocycles. The predicted molar refractivity (Wildman–Crippen MR) is 106 cm³/mol. The van der Waals surface area contributed by atoms with E-state index in [9.17, 15) is 0 Å². The van der Waals surface area contributed by atoms with Crippen LogP contribution in [0.4, 0.5) is 0 Å². The Kier molecular flexibility index (Phi) is 4.88. The molecule has 4 rings (SSSR count). The first kappa shape index (κ1) is 16.9. The molecule has 0 saturated heterocycles. The maximum Gasteiger partial charge on any atom is 0.219 e. The highest BCUT2D eigenvalue weighted by atomic mass is 16.5. The van der Waals surface area contributed by atoms with E-state index in [0.29, 0.717) is 5.88 Å². The Bertz CT molecular complexity index is 1020. The molecule has 1 atom stereocenters. The molecule has 4 heteroatoms. The number of rotatable bonds is 5. The van der Waals surface area contributed by atoms with Gasteiger partial charge in [-0.25, -0.2) is 4.98 Å². The molecule has 132 valence electrons. The van der Waals surface area contributed by atoms with Crippen molar-refractivity contribution in [3.05, 3.63) is 103 Å². The van der Waals surface area contributed by atoms with Crippen LogP contribution >= 0.6 is 0 Å². The molecule has 4 aromatic rings. The van der Waals surface area contributed by atoms with E-state index in [1.165, 1.54) is 0 Å². The molecule has 0 bridgehead atoms. The van der Waals surface area contributed by atoms with E-state index in [1.807, 2.05) is 78.9 Å². The van der Waals surface area contributed by atoms with Crippen molar-refractivity contribution in [2.45, 2.75) is 12.8 Å². The van der Waals surface area contributed by atoms with Gasteiger partial charge in [0.05, 0.1) is 11.4 Å². The zero-order valence-electron chi connectivity index (χ0n) is 15.0. The van der Waals surface area contributed by atoms with Crippen molar-refractivity contribution in [1.82, 2.24) is 15.0 Å². The van der Waals surface area contributed by atoms with Gasteiger partial charge < -0.3 is 4.74 Å². The first-order chi connectivity index (χ1) is 13.3. The summed E-state index contributed by atoms with van der Waals surface area (Å²) >= 11 is 0. The number of hydrogen-bond donors (Lipinski definition) is 0. The molecule has 3 aromatic heterocycles. The van der Waals surface area contributed by atoms with E-state index in [2.05, 4.69) is 16.9 Å². The topological polar surface area (TPSA) is 47.9 Å². The molecule has 0 aliphatic rings. The fourth-order valence-electron chi connectivity index (χ4n) is 2.87. The molecule has 3 heterocycles.